The van der Waals surface area contributed by atoms with Gasteiger partial charge >= 0.3 is 0 Å². The monoisotopic (exact) mass is 444 g/mol. The molecule has 0 aliphatic carbocycles. The lowest BCUT2D eigenvalue weighted by atomic mass is 10.0. The van der Waals surface area contributed by atoms with Crippen molar-refractivity contribution in [1.29, 1.82) is 0 Å². The molecule has 0 spiro atoms. The number of rotatable bonds is 7. The highest BCUT2D eigenvalue weighted by Gasteiger charge is 2.37. The molecule has 8 heteroatoms. The highest BCUT2D eigenvalue weighted by molar-refractivity contribution is 7.89. The van der Waals surface area contributed by atoms with Crippen LogP contribution in [0.4, 0.5) is 5.69 Å². The number of hydrogen-bond donors (Lipinski definition) is 1. The van der Waals surface area contributed by atoms with E-state index in [1.165, 1.54) is 4.31 Å². The summed E-state index contributed by atoms with van der Waals surface area (Å²) in [5.41, 5.74) is 0.581. The van der Waals surface area contributed by atoms with Crippen molar-refractivity contribution in [3.8, 4) is 5.75 Å². The summed E-state index contributed by atoms with van der Waals surface area (Å²) in [7, 11) is -3.74. The highest BCUT2D eigenvalue weighted by atomic mass is 32.2. The van der Waals surface area contributed by atoms with Gasteiger partial charge in [-0.05, 0) is 49.9 Å². The van der Waals surface area contributed by atoms with Gasteiger partial charge < -0.3 is 14.8 Å². The van der Waals surface area contributed by atoms with Crippen LogP contribution in [0.25, 0.3) is 0 Å². The number of nitrogens with zero attached hydrogens (tertiary/aromatic N) is 1. The predicted octanol–water partition coefficient (Wildman–Crippen LogP) is 3.43. The molecule has 1 amide bonds. The standard InChI is InChI=1S/C23H28N2O5S/c26-23(24-18-8-6-9-19(16-18)30-17-20-10-7-15-29-20)22-13-4-5-14-25(22)31(27,28)21-11-2-1-3-12-21/h1-3,6,8-9,11-12,16,20,22H,4-5,7,10,13-15,17H2,(H,24,26). The van der Waals surface area contributed by atoms with Crippen LogP contribution in [0.15, 0.2) is 59.5 Å². The van der Waals surface area contributed by atoms with Gasteiger partial charge in [0, 0.05) is 24.9 Å². The van der Waals surface area contributed by atoms with Gasteiger partial charge in [0.2, 0.25) is 15.9 Å². The van der Waals surface area contributed by atoms with E-state index in [1.54, 1.807) is 48.5 Å². The van der Waals surface area contributed by atoms with Crippen LogP contribution in [-0.2, 0) is 19.6 Å². The maximum atomic E-state index is 13.1. The van der Waals surface area contributed by atoms with Crippen molar-refractivity contribution in [3.63, 3.8) is 0 Å². The molecule has 2 aliphatic heterocycles. The zero-order valence-electron chi connectivity index (χ0n) is 17.4. The van der Waals surface area contributed by atoms with E-state index in [9.17, 15) is 13.2 Å². The number of hydrogen-bond acceptors (Lipinski definition) is 5. The Bertz CT molecular complexity index is 990. The second kappa shape index (κ2) is 9.80. The SMILES string of the molecule is O=C(Nc1cccc(OCC2CCCO2)c1)C1CCCCN1S(=O)(=O)c1ccccc1. The van der Waals surface area contributed by atoms with Crippen LogP contribution in [-0.4, -0.2) is 50.5 Å². The molecule has 2 unspecified atom stereocenters. The number of piperidine rings is 1. The fourth-order valence-electron chi connectivity index (χ4n) is 4.04. The van der Waals surface area contributed by atoms with E-state index in [-0.39, 0.29) is 16.9 Å². The van der Waals surface area contributed by atoms with Gasteiger partial charge in [-0.1, -0.05) is 30.7 Å². The van der Waals surface area contributed by atoms with E-state index in [0.717, 1.165) is 32.3 Å². The van der Waals surface area contributed by atoms with Crippen molar-refractivity contribution >= 4 is 21.6 Å². The van der Waals surface area contributed by atoms with Crippen LogP contribution < -0.4 is 10.1 Å². The van der Waals surface area contributed by atoms with Gasteiger partial charge in [0.05, 0.1) is 11.0 Å². The van der Waals surface area contributed by atoms with Crippen molar-refractivity contribution in [1.82, 2.24) is 4.31 Å². The third-order valence-electron chi connectivity index (χ3n) is 5.67. The summed E-state index contributed by atoms with van der Waals surface area (Å²) in [4.78, 5) is 13.3. The first-order valence-corrected chi connectivity index (χ1v) is 12.2. The average Bonchev–Trinajstić information content (AvgIpc) is 3.32. The minimum Gasteiger partial charge on any atom is -0.491 e. The van der Waals surface area contributed by atoms with Crippen LogP contribution in [0.2, 0.25) is 0 Å². The van der Waals surface area contributed by atoms with Crippen molar-refractivity contribution in [3.05, 3.63) is 54.6 Å². The number of nitrogens with one attached hydrogen (secondary N) is 1. The minimum atomic E-state index is -3.74. The summed E-state index contributed by atoms with van der Waals surface area (Å²) >= 11 is 0. The molecular weight excluding hydrogens is 416 g/mol. The first-order valence-electron chi connectivity index (χ1n) is 10.8. The van der Waals surface area contributed by atoms with Gasteiger partial charge in [-0.25, -0.2) is 8.42 Å². The lowest BCUT2D eigenvalue weighted by Gasteiger charge is -2.33. The molecule has 2 aromatic carbocycles. The molecule has 2 aliphatic rings. The molecule has 2 saturated heterocycles. The molecule has 2 heterocycles. The minimum absolute atomic E-state index is 0.109. The van der Waals surface area contributed by atoms with Crippen molar-refractivity contribution in [2.45, 2.75) is 49.1 Å². The molecular formula is C23H28N2O5S. The summed E-state index contributed by atoms with van der Waals surface area (Å²) in [6.45, 7) is 1.58. The molecule has 0 aromatic heterocycles. The van der Waals surface area contributed by atoms with Crippen molar-refractivity contribution in [2.24, 2.45) is 0 Å². The highest BCUT2D eigenvalue weighted by Crippen LogP contribution is 2.27. The Hall–Kier alpha value is -2.42. The smallest absolute Gasteiger partial charge is 0.243 e. The van der Waals surface area contributed by atoms with E-state index < -0.39 is 16.1 Å². The predicted molar refractivity (Wildman–Crippen MR) is 118 cm³/mol. The van der Waals surface area contributed by atoms with Gasteiger partial charge in [-0.15, -0.1) is 0 Å². The molecule has 7 nitrogen and oxygen atoms in total. The Morgan fingerprint density at radius 2 is 1.90 bits per heavy atom. The van der Waals surface area contributed by atoms with E-state index in [4.69, 9.17) is 9.47 Å². The lowest BCUT2D eigenvalue weighted by molar-refractivity contribution is -0.120. The zero-order valence-corrected chi connectivity index (χ0v) is 18.2. The fraction of sp³-hybridized carbons (Fsp3) is 0.435. The average molecular weight is 445 g/mol. The molecule has 0 bridgehead atoms. The Kier molecular flexibility index (Phi) is 6.89. The van der Waals surface area contributed by atoms with Gasteiger partial charge in [-0.2, -0.15) is 4.31 Å². The number of amides is 1. The Labute approximate surface area is 183 Å². The first-order chi connectivity index (χ1) is 15.0. The molecule has 2 atom stereocenters. The summed E-state index contributed by atoms with van der Waals surface area (Å²) in [6, 6.07) is 14.7. The largest absolute Gasteiger partial charge is 0.491 e. The quantitative estimate of drug-likeness (QED) is 0.707. The van der Waals surface area contributed by atoms with Crippen LogP contribution in [0.1, 0.15) is 32.1 Å². The number of ether oxygens (including phenoxy) is 2. The number of sulfonamides is 1. The maximum absolute atomic E-state index is 13.1. The van der Waals surface area contributed by atoms with E-state index in [0.29, 0.717) is 31.0 Å². The van der Waals surface area contributed by atoms with E-state index in [2.05, 4.69) is 5.32 Å². The second-order valence-corrected chi connectivity index (χ2v) is 9.79. The summed E-state index contributed by atoms with van der Waals surface area (Å²) in [6.07, 6.45) is 4.19. The third kappa shape index (κ3) is 5.26. The van der Waals surface area contributed by atoms with Gasteiger partial charge in [0.1, 0.15) is 18.4 Å². The summed E-state index contributed by atoms with van der Waals surface area (Å²) in [5.74, 6) is 0.321. The molecule has 166 valence electrons. The Morgan fingerprint density at radius 1 is 1.06 bits per heavy atom. The second-order valence-electron chi connectivity index (χ2n) is 7.90. The van der Waals surface area contributed by atoms with Crippen LogP contribution in [0.3, 0.4) is 0 Å². The molecule has 4 rings (SSSR count). The van der Waals surface area contributed by atoms with Gasteiger partial charge in [0.25, 0.3) is 0 Å². The molecule has 31 heavy (non-hydrogen) atoms. The lowest BCUT2D eigenvalue weighted by Crippen LogP contribution is -2.49. The topological polar surface area (TPSA) is 84.9 Å². The van der Waals surface area contributed by atoms with Gasteiger partial charge in [-0.3, -0.25) is 4.79 Å². The molecule has 2 fully saturated rings. The molecule has 0 radical (unpaired) electrons. The first kappa shape index (κ1) is 21.8. The van der Waals surface area contributed by atoms with Crippen LogP contribution >= 0.6 is 0 Å². The zero-order chi connectivity index (χ0) is 21.7. The summed E-state index contributed by atoms with van der Waals surface area (Å²) in [5, 5.41) is 2.88. The number of benzene rings is 2. The van der Waals surface area contributed by atoms with Crippen LogP contribution in [0, 0.1) is 0 Å². The summed E-state index contributed by atoms with van der Waals surface area (Å²) < 4.78 is 39.0. The van der Waals surface area contributed by atoms with E-state index >= 15 is 0 Å². The number of anilines is 1. The van der Waals surface area contributed by atoms with Crippen molar-refractivity contribution < 1.29 is 22.7 Å². The normalized spacial score (nSPS) is 22.2. The van der Waals surface area contributed by atoms with Crippen LogP contribution in [0.5, 0.6) is 5.75 Å². The molecule has 2 aromatic rings. The maximum Gasteiger partial charge on any atom is 0.243 e. The van der Waals surface area contributed by atoms with Gasteiger partial charge in [0.15, 0.2) is 0 Å². The Morgan fingerprint density at radius 3 is 2.68 bits per heavy atom. The number of carbonyl (C=O) groups is 1. The van der Waals surface area contributed by atoms with Crippen molar-refractivity contribution in [2.75, 3.05) is 25.1 Å². The molecule has 0 saturated carbocycles. The Balaban J connectivity index is 1.44. The molecule has 1 N–H and O–H groups in total. The third-order valence-corrected chi connectivity index (χ3v) is 7.59. The van der Waals surface area contributed by atoms with E-state index in [1.807, 2.05) is 6.07 Å². The fourth-order valence-corrected chi connectivity index (χ4v) is 5.71. The number of carbonyl (C=O) groups excluding carboxylic acids is 1.